The number of carbonyl (C=O) groups excluding carboxylic acids is 1. The lowest BCUT2D eigenvalue weighted by atomic mass is 10.0. The fraction of sp³-hybridized carbons (Fsp3) is 0.500. The van der Waals surface area contributed by atoms with E-state index >= 15 is 0 Å². The molecule has 0 fully saturated rings. The molecular weight excluding hydrogens is 408 g/mol. The summed E-state index contributed by atoms with van der Waals surface area (Å²) in [7, 11) is 0. The van der Waals surface area contributed by atoms with Gasteiger partial charge in [-0.05, 0) is 61.9 Å². The average Bonchev–Trinajstić information content (AvgIpc) is 2.97. The summed E-state index contributed by atoms with van der Waals surface area (Å²) in [5.74, 6) is 1.09. The first kappa shape index (κ1) is 25.1. The Morgan fingerprint density at radius 1 is 0.970 bits per heavy atom. The maximum atomic E-state index is 11.7. The Labute approximate surface area is 200 Å². The van der Waals surface area contributed by atoms with Gasteiger partial charge in [0.25, 0.3) is 0 Å². The van der Waals surface area contributed by atoms with E-state index in [0.29, 0.717) is 11.3 Å². The minimum absolute atomic E-state index is 0.281. The molecule has 0 saturated heterocycles. The maximum Gasteiger partial charge on any atom is 0.338 e. The van der Waals surface area contributed by atoms with Crippen molar-refractivity contribution in [2.75, 3.05) is 0 Å². The molecule has 1 atom stereocenters. The number of hydrogen-bond donors (Lipinski definition) is 0. The third kappa shape index (κ3) is 8.07. The number of unbranched alkanes of at least 4 members (excludes halogenated alkanes) is 8. The highest BCUT2D eigenvalue weighted by Crippen LogP contribution is 2.36. The van der Waals surface area contributed by atoms with Crippen LogP contribution in [-0.2, 0) is 11.2 Å². The molecule has 0 aromatic heterocycles. The summed E-state index contributed by atoms with van der Waals surface area (Å²) in [5.41, 5.74) is 3.89. The van der Waals surface area contributed by atoms with E-state index in [2.05, 4.69) is 31.7 Å². The molecule has 3 nitrogen and oxygen atoms in total. The van der Waals surface area contributed by atoms with Crippen LogP contribution >= 0.6 is 0 Å². The first-order chi connectivity index (χ1) is 16.1. The van der Waals surface area contributed by atoms with Crippen LogP contribution in [0.2, 0.25) is 0 Å². The van der Waals surface area contributed by atoms with Gasteiger partial charge in [0.2, 0.25) is 0 Å². The zero-order valence-corrected chi connectivity index (χ0v) is 20.5. The molecule has 1 heterocycles. The molecule has 3 rings (SSSR count). The second-order valence-corrected chi connectivity index (χ2v) is 9.42. The van der Waals surface area contributed by atoms with Crippen molar-refractivity contribution in [3.63, 3.8) is 0 Å². The third-order valence-corrected chi connectivity index (χ3v) is 6.45. The van der Waals surface area contributed by atoms with Gasteiger partial charge >= 0.3 is 5.97 Å². The third-order valence-electron chi connectivity index (χ3n) is 6.45. The molecule has 2 aromatic carbocycles. The molecule has 0 N–H and O–H groups in total. The van der Waals surface area contributed by atoms with E-state index in [4.69, 9.17) is 9.47 Å². The molecule has 2 aromatic rings. The van der Waals surface area contributed by atoms with Gasteiger partial charge in [-0.1, -0.05) is 89.1 Å². The Balaban J connectivity index is 1.51. The average molecular weight is 449 g/mol. The molecule has 0 amide bonds. The molecule has 3 heteroatoms. The van der Waals surface area contributed by atoms with Gasteiger partial charge in [0.1, 0.15) is 11.5 Å². The van der Waals surface area contributed by atoms with E-state index in [1.807, 2.05) is 24.3 Å². The second-order valence-electron chi connectivity index (χ2n) is 9.42. The summed E-state index contributed by atoms with van der Waals surface area (Å²) in [6.45, 7) is 7.55. The number of carbonyl (C=O) groups is 1. The fourth-order valence-electron chi connectivity index (χ4n) is 4.41. The normalized spacial score (nSPS) is 14.9. The number of fused-ring (bicyclic) bond motifs is 2. The van der Waals surface area contributed by atoms with Crippen LogP contribution in [-0.4, -0.2) is 12.1 Å². The highest BCUT2D eigenvalue weighted by atomic mass is 16.5. The highest BCUT2D eigenvalue weighted by molar-refractivity contribution is 5.88. The first-order valence-corrected chi connectivity index (χ1v) is 12.8. The number of ether oxygens (including phenoxy) is 2. The quantitative estimate of drug-likeness (QED) is 0.133. The molecule has 2 bridgehead atoms. The Morgan fingerprint density at radius 2 is 1.64 bits per heavy atom. The van der Waals surface area contributed by atoms with Crippen molar-refractivity contribution < 1.29 is 14.3 Å². The van der Waals surface area contributed by atoms with Gasteiger partial charge in [0.05, 0.1) is 6.10 Å². The van der Waals surface area contributed by atoms with Gasteiger partial charge in [-0.25, -0.2) is 4.79 Å². The minimum atomic E-state index is -0.402. The van der Waals surface area contributed by atoms with Crippen molar-refractivity contribution in [3.8, 4) is 22.6 Å². The fourth-order valence-corrected chi connectivity index (χ4v) is 4.41. The van der Waals surface area contributed by atoms with E-state index in [9.17, 15) is 4.79 Å². The number of aryl methyl sites for hydroxylation is 1. The Bertz CT molecular complexity index is 897. The van der Waals surface area contributed by atoms with Gasteiger partial charge in [-0.3, -0.25) is 0 Å². The smallest absolute Gasteiger partial charge is 0.338 e. The number of benzene rings is 2. The van der Waals surface area contributed by atoms with E-state index < -0.39 is 5.97 Å². The molecule has 1 unspecified atom stereocenters. The summed E-state index contributed by atoms with van der Waals surface area (Å²) in [4.78, 5) is 11.7. The van der Waals surface area contributed by atoms with Crippen LogP contribution in [0.25, 0.3) is 11.1 Å². The molecule has 33 heavy (non-hydrogen) atoms. The first-order valence-electron chi connectivity index (χ1n) is 12.8. The molecular formula is C30H40O3. The Kier molecular flexibility index (Phi) is 10.1. The van der Waals surface area contributed by atoms with E-state index in [1.54, 1.807) is 6.92 Å². The maximum absolute atomic E-state index is 11.7. The van der Waals surface area contributed by atoms with Crippen LogP contribution in [0, 0.1) is 0 Å². The topological polar surface area (TPSA) is 35.5 Å². The largest absolute Gasteiger partial charge is 0.490 e. The van der Waals surface area contributed by atoms with Gasteiger partial charge < -0.3 is 9.47 Å². The van der Waals surface area contributed by atoms with Crippen molar-refractivity contribution in [3.05, 3.63) is 60.2 Å². The van der Waals surface area contributed by atoms with Crippen LogP contribution in [0.4, 0.5) is 0 Å². The molecule has 1 aliphatic heterocycles. The van der Waals surface area contributed by atoms with Crippen molar-refractivity contribution >= 4 is 5.97 Å². The van der Waals surface area contributed by atoms with Gasteiger partial charge in [-0.15, -0.1) is 0 Å². The summed E-state index contributed by atoms with van der Waals surface area (Å²) < 4.78 is 11.8. The Hall–Kier alpha value is -2.55. The lowest BCUT2D eigenvalue weighted by Crippen LogP contribution is -2.16. The number of esters is 1. The SMILES string of the molecule is C=C(C)C(=O)Oc1ccc(-c2ccc3cc2OC(CCCCCCCCCCC)CC3)cc1. The predicted octanol–water partition coefficient (Wildman–Crippen LogP) is 8.45. The predicted molar refractivity (Wildman–Crippen MR) is 137 cm³/mol. The molecule has 178 valence electrons. The van der Waals surface area contributed by atoms with E-state index in [-0.39, 0.29) is 6.10 Å². The van der Waals surface area contributed by atoms with Crippen molar-refractivity contribution in [2.24, 2.45) is 0 Å². The van der Waals surface area contributed by atoms with Gasteiger partial charge in [0, 0.05) is 11.1 Å². The van der Waals surface area contributed by atoms with Gasteiger partial charge in [-0.2, -0.15) is 0 Å². The van der Waals surface area contributed by atoms with Crippen LogP contribution in [0.5, 0.6) is 11.5 Å². The zero-order valence-electron chi connectivity index (χ0n) is 20.5. The zero-order chi connectivity index (χ0) is 23.5. The highest BCUT2D eigenvalue weighted by Gasteiger charge is 2.19. The molecule has 0 radical (unpaired) electrons. The molecule has 0 spiro atoms. The van der Waals surface area contributed by atoms with Crippen LogP contribution in [0.15, 0.2) is 54.6 Å². The van der Waals surface area contributed by atoms with Crippen molar-refractivity contribution in [1.29, 1.82) is 0 Å². The molecule has 1 aliphatic rings. The van der Waals surface area contributed by atoms with Crippen LogP contribution in [0.1, 0.15) is 90.0 Å². The van der Waals surface area contributed by atoms with Crippen molar-refractivity contribution in [2.45, 2.75) is 97.0 Å². The van der Waals surface area contributed by atoms with E-state index in [0.717, 1.165) is 36.1 Å². The Morgan fingerprint density at radius 3 is 2.30 bits per heavy atom. The summed E-state index contributed by atoms with van der Waals surface area (Å²) >= 11 is 0. The lowest BCUT2D eigenvalue weighted by Gasteiger charge is -2.18. The minimum Gasteiger partial charge on any atom is -0.490 e. The monoisotopic (exact) mass is 448 g/mol. The summed E-state index contributed by atoms with van der Waals surface area (Å²) in [6, 6.07) is 14.2. The lowest BCUT2D eigenvalue weighted by molar-refractivity contribution is -0.130. The second kappa shape index (κ2) is 13.2. The van der Waals surface area contributed by atoms with E-state index in [1.165, 1.54) is 63.4 Å². The standard InChI is InChI=1S/C30H40O3/c1-4-5-6-7-8-9-10-11-12-13-26-18-14-24-15-21-28(29(22-24)32-26)25-16-19-27(20-17-25)33-30(31)23(2)3/h15-17,19-22,26H,2,4-14,18H2,1,3H3. The van der Waals surface area contributed by atoms with Crippen LogP contribution < -0.4 is 9.47 Å². The molecule has 0 aliphatic carbocycles. The van der Waals surface area contributed by atoms with Crippen LogP contribution in [0.3, 0.4) is 0 Å². The molecule has 0 saturated carbocycles. The van der Waals surface area contributed by atoms with Gasteiger partial charge in [0.15, 0.2) is 0 Å². The summed E-state index contributed by atoms with van der Waals surface area (Å²) in [5, 5.41) is 0. The van der Waals surface area contributed by atoms with Crippen molar-refractivity contribution in [1.82, 2.24) is 0 Å². The summed E-state index contributed by atoms with van der Waals surface area (Å²) in [6.07, 6.45) is 15.7. The number of rotatable bonds is 13. The number of hydrogen-bond acceptors (Lipinski definition) is 3.